The number of fused-ring (bicyclic) bond motifs is 1. The summed E-state index contributed by atoms with van der Waals surface area (Å²) in [6.45, 7) is 5.20. The van der Waals surface area contributed by atoms with Crippen molar-refractivity contribution in [3.8, 4) is 11.3 Å². The molecule has 9 nitrogen and oxygen atoms in total. The lowest BCUT2D eigenvalue weighted by molar-refractivity contribution is -0.127. The first-order valence-electron chi connectivity index (χ1n) is 12.0. The predicted octanol–water partition coefficient (Wildman–Crippen LogP) is 4.01. The maximum atomic E-state index is 12.4. The number of nitrogens with two attached hydrogens (primary N) is 1. The van der Waals surface area contributed by atoms with Gasteiger partial charge in [0, 0.05) is 35.8 Å². The van der Waals surface area contributed by atoms with Crippen molar-refractivity contribution < 1.29 is 9.59 Å². The highest BCUT2D eigenvalue weighted by atomic mass is 35.5. The van der Waals surface area contributed by atoms with E-state index in [-0.39, 0.29) is 17.9 Å². The van der Waals surface area contributed by atoms with Gasteiger partial charge in [0.25, 0.3) is 5.91 Å². The second-order valence-electron chi connectivity index (χ2n) is 8.92. The molecule has 188 valence electrons. The van der Waals surface area contributed by atoms with Crippen molar-refractivity contribution in [2.75, 3.05) is 18.8 Å². The van der Waals surface area contributed by atoms with Crippen molar-refractivity contribution in [3.63, 3.8) is 0 Å². The number of carbonyl (C=O) groups excluding carboxylic acids is 2. The number of likely N-dealkylation sites (tertiary alicyclic amines) is 1. The lowest BCUT2D eigenvalue weighted by atomic mass is 10.1. The molecule has 1 atom stereocenters. The topological polar surface area (TPSA) is 119 Å². The number of aromatic nitrogens is 4. The number of amides is 2. The van der Waals surface area contributed by atoms with Crippen LogP contribution in [-0.4, -0.2) is 49.6 Å². The number of nitrogens with zero attached hydrogens (tertiary/aromatic N) is 5. The maximum absolute atomic E-state index is 12.4. The summed E-state index contributed by atoms with van der Waals surface area (Å²) < 4.78 is 1.87. The number of anilines is 1. The highest BCUT2D eigenvalue weighted by Crippen LogP contribution is 2.33. The van der Waals surface area contributed by atoms with Crippen LogP contribution >= 0.6 is 11.6 Å². The molecule has 5 rings (SSSR count). The smallest absolute Gasteiger partial charge is 0.251 e. The van der Waals surface area contributed by atoms with Crippen molar-refractivity contribution in [2.45, 2.75) is 25.4 Å². The molecule has 0 spiro atoms. The van der Waals surface area contributed by atoms with E-state index in [1.54, 1.807) is 29.2 Å². The average Bonchev–Trinajstić information content (AvgIpc) is 3.33. The molecule has 3 heterocycles. The fraction of sp³-hybridized carbons (Fsp3) is 0.222. The number of carbonyl (C=O) groups is 2. The number of halogens is 1. The molecule has 2 amide bonds. The zero-order valence-electron chi connectivity index (χ0n) is 20.1. The zero-order valence-corrected chi connectivity index (χ0v) is 20.9. The summed E-state index contributed by atoms with van der Waals surface area (Å²) in [5.41, 5.74) is 9.92. The van der Waals surface area contributed by atoms with Crippen LogP contribution in [0.2, 0.25) is 5.02 Å². The van der Waals surface area contributed by atoms with E-state index in [1.807, 2.05) is 28.9 Å². The van der Waals surface area contributed by atoms with Crippen LogP contribution in [0.4, 0.5) is 5.82 Å². The van der Waals surface area contributed by atoms with Gasteiger partial charge in [0.1, 0.15) is 17.8 Å². The summed E-state index contributed by atoms with van der Waals surface area (Å²) in [6.07, 6.45) is 4.50. The van der Waals surface area contributed by atoms with E-state index in [2.05, 4.69) is 21.9 Å². The third-order valence-electron chi connectivity index (χ3n) is 6.53. The van der Waals surface area contributed by atoms with E-state index in [9.17, 15) is 9.59 Å². The van der Waals surface area contributed by atoms with Gasteiger partial charge in [0.15, 0.2) is 5.65 Å². The van der Waals surface area contributed by atoms with Crippen molar-refractivity contribution >= 4 is 40.3 Å². The van der Waals surface area contributed by atoms with E-state index in [0.29, 0.717) is 52.8 Å². The van der Waals surface area contributed by atoms with Gasteiger partial charge in [-0.15, -0.1) is 0 Å². The number of nitrogens with one attached hydrogen (secondary N) is 1. The van der Waals surface area contributed by atoms with Crippen LogP contribution in [0.5, 0.6) is 0 Å². The molecule has 0 bridgehead atoms. The van der Waals surface area contributed by atoms with Crippen LogP contribution in [-0.2, 0) is 11.3 Å². The molecule has 1 fully saturated rings. The minimum Gasteiger partial charge on any atom is -0.383 e. The molecule has 0 aliphatic carbocycles. The van der Waals surface area contributed by atoms with Crippen molar-refractivity contribution in [1.82, 2.24) is 30.0 Å². The van der Waals surface area contributed by atoms with Crippen molar-refractivity contribution in [1.29, 1.82) is 0 Å². The lowest BCUT2D eigenvalue weighted by Crippen LogP contribution is -2.40. The molecule has 2 aromatic carbocycles. The SMILES string of the molecule is C=CC(=O)N1CCC[C@@H](n2nc(-c3ccc(CNC(=O)c4ccc(Cl)cc4)cc3)c3c(N)ncnc32)C1. The van der Waals surface area contributed by atoms with Crippen LogP contribution in [0.25, 0.3) is 22.3 Å². The second-order valence-corrected chi connectivity index (χ2v) is 9.36. The first-order valence-corrected chi connectivity index (χ1v) is 12.4. The van der Waals surface area contributed by atoms with Crippen LogP contribution in [0, 0.1) is 0 Å². The van der Waals surface area contributed by atoms with Gasteiger partial charge >= 0.3 is 0 Å². The summed E-state index contributed by atoms with van der Waals surface area (Å²) >= 11 is 5.90. The molecular formula is C27H26ClN7O2. The van der Waals surface area contributed by atoms with Crippen LogP contribution < -0.4 is 11.1 Å². The molecule has 10 heteroatoms. The first kappa shape index (κ1) is 24.5. The van der Waals surface area contributed by atoms with Gasteiger partial charge < -0.3 is 16.0 Å². The largest absolute Gasteiger partial charge is 0.383 e. The van der Waals surface area contributed by atoms with E-state index in [1.165, 1.54) is 12.4 Å². The van der Waals surface area contributed by atoms with Gasteiger partial charge in [-0.3, -0.25) is 9.59 Å². The molecule has 4 aromatic rings. The number of piperidine rings is 1. The quantitative estimate of drug-likeness (QED) is 0.374. The van der Waals surface area contributed by atoms with Gasteiger partial charge in [0.05, 0.1) is 11.4 Å². The summed E-state index contributed by atoms with van der Waals surface area (Å²) in [5, 5.41) is 9.08. The maximum Gasteiger partial charge on any atom is 0.251 e. The summed E-state index contributed by atoms with van der Waals surface area (Å²) in [7, 11) is 0. The average molecular weight is 516 g/mol. The Labute approximate surface area is 219 Å². The number of hydrogen-bond acceptors (Lipinski definition) is 6. The Morgan fingerprint density at radius 2 is 1.89 bits per heavy atom. The number of hydrogen-bond donors (Lipinski definition) is 2. The molecule has 1 saturated heterocycles. The number of benzene rings is 2. The van der Waals surface area contributed by atoms with E-state index >= 15 is 0 Å². The van der Waals surface area contributed by atoms with Crippen LogP contribution in [0.1, 0.15) is 34.8 Å². The normalized spacial score (nSPS) is 15.5. The lowest BCUT2D eigenvalue weighted by Gasteiger charge is -2.32. The van der Waals surface area contributed by atoms with Gasteiger partial charge in [-0.25, -0.2) is 14.6 Å². The Balaban J connectivity index is 1.39. The molecular weight excluding hydrogens is 490 g/mol. The Bertz CT molecular complexity index is 1460. The third kappa shape index (κ3) is 5.03. The van der Waals surface area contributed by atoms with Crippen molar-refractivity contribution in [3.05, 3.63) is 83.7 Å². The highest BCUT2D eigenvalue weighted by molar-refractivity contribution is 6.30. The zero-order chi connectivity index (χ0) is 25.9. The highest BCUT2D eigenvalue weighted by Gasteiger charge is 2.28. The number of rotatable bonds is 6. The van der Waals surface area contributed by atoms with Crippen LogP contribution in [0.15, 0.2) is 67.5 Å². The molecule has 37 heavy (non-hydrogen) atoms. The Kier molecular flexibility index (Phi) is 6.87. The fourth-order valence-electron chi connectivity index (χ4n) is 4.60. The molecule has 0 radical (unpaired) electrons. The standard InChI is InChI=1S/C27H26ClN7O2/c1-2-22(36)34-13-3-4-21(15-34)35-26-23(25(29)31-16-32-26)24(33-35)18-7-5-17(6-8-18)14-30-27(37)19-9-11-20(28)12-10-19/h2,5-12,16,21H,1,3-4,13-15H2,(H,30,37)(H2,29,31,32)/t21-/m1/s1. The summed E-state index contributed by atoms with van der Waals surface area (Å²) in [5.74, 6) is 0.0847. The minimum atomic E-state index is -0.174. The molecule has 1 aliphatic heterocycles. The molecule has 3 N–H and O–H groups in total. The Morgan fingerprint density at radius 3 is 2.62 bits per heavy atom. The minimum absolute atomic E-state index is 0.0365. The van der Waals surface area contributed by atoms with Gasteiger partial charge in [-0.05, 0) is 48.7 Å². The van der Waals surface area contributed by atoms with E-state index in [4.69, 9.17) is 22.4 Å². The van der Waals surface area contributed by atoms with Gasteiger partial charge in [0.2, 0.25) is 5.91 Å². The second kappa shape index (κ2) is 10.4. The molecule has 1 aliphatic rings. The van der Waals surface area contributed by atoms with Gasteiger partial charge in [-0.2, -0.15) is 5.10 Å². The van der Waals surface area contributed by atoms with Crippen molar-refractivity contribution in [2.24, 2.45) is 0 Å². The first-order chi connectivity index (χ1) is 17.9. The fourth-order valence-corrected chi connectivity index (χ4v) is 4.73. The van der Waals surface area contributed by atoms with Gasteiger partial charge in [-0.1, -0.05) is 42.4 Å². The monoisotopic (exact) mass is 515 g/mol. The Hall–Kier alpha value is -4.24. The summed E-state index contributed by atoms with van der Waals surface area (Å²) in [4.78, 5) is 35.1. The summed E-state index contributed by atoms with van der Waals surface area (Å²) in [6, 6.07) is 14.5. The number of nitrogen functional groups attached to an aromatic ring is 1. The third-order valence-corrected chi connectivity index (χ3v) is 6.79. The van der Waals surface area contributed by atoms with Crippen LogP contribution in [0.3, 0.4) is 0 Å². The predicted molar refractivity (Wildman–Crippen MR) is 143 cm³/mol. The van der Waals surface area contributed by atoms with E-state index in [0.717, 1.165) is 24.0 Å². The molecule has 2 aromatic heterocycles. The molecule has 0 unspecified atom stereocenters. The Morgan fingerprint density at radius 1 is 1.14 bits per heavy atom. The van der Waals surface area contributed by atoms with E-state index < -0.39 is 0 Å². The molecule has 0 saturated carbocycles.